The highest BCUT2D eigenvalue weighted by Gasteiger charge is 2.28. The van der Waals surface area contributed by atoms with Crippen LogP contribution in [0.4, 0.5) is 0 Å². The average Bonchev–Trinajstić information content (AvgIpc) is 3.22. The number of aromatic nitrogens is 1. The third-order valence-corrected chi connectivity index (χ3v) is 10.9. The monoisotopic (exact) mass is 747 g/mol. The van der Waals surface area contributed by atoms with Gasteiger partial charge in [-0.2, -0.15) is 11.8 Å². The van der Waals surface area contributed by atoms with E-state index in [0.29, 0.717) is 19.5 Å². The molecule has 0 amide bonds. The molecular weight excluding hydrogens is 695 g/mol. The highest BCUT2D eigenvalue weighted by molar-refractivity contribution is 7.98. The van der Waals surface area contributed by atoms with Crippen molar-refractivity contribution >= 4 is 47.7 Å². The zero-order valence-corrected chi connectivity index (χ0v) is 32.8. The maximum atomic E-state index is 12.7. The molecule has 5 aromatic rings. The summed E-state index contributed by atoms with van der Waals surface area (Å²) in [6.45, 7) is 1.00. The first-order chi connectivity index (χ1) is 27.0. The number of aliphatic imine (C=N–C) groups is 1. The summed E-state index contributed by atoms with van der Waals surface area (Å²) in [4.78, 5) is 25.0. The summed E-state index contributed by atoms with van der Waals surface area (Å²) < 4.78 is 0. The third kappa shape index (κ3) is 13.0. The zero-order chi connectivity index (χ0) is 38.1. The predicted octanol–water partition coefficient (Wildman–Crippen LogP) is 10.8. The molecule has 1 aromatic heterocycles. The summed E-state index contributed by atoms with van der Waals surface area (Å²) in [6.07, 6.45) is 18.1. The molecule has 2 atom stereocenters. The molecule has 0 aliphatic carbocycles. The number of carbonyl (C=O) groups is 1. The number of thioether (sulfide) groups is 1. The van der Waals surface area contributed by atoms with Gasteiger partial charge in [-0.25, -0.2) is 0 Å². The quantitative estimate of drug-likeness (QED) is 0.0852. The molecule has 2 heterocycles. The fourth-order valence-corrected chi connectivity index (χ4v) is 7.60. The number of benzene rings is 4. The molecule has 4 aromatic carbocycles. The van der Waals surface area contributed by atoms with Gasteiger partial charge in [-0.15, -0.1) is 0 Å². The van der Waals surface area contributed by atoms with E-state index in [2.05, 4.69) is 114 Å². The minimum Gasteiger partial charge on any atom is -0.480 e. The van der Waals surface area contributed by atoms with Gasteiger partial charge in [-0.3, -0.25) is 19.7 Å². The molecule has 0 bridgehead atoms. The van der Waals surface area contributed by atoms with E-state index in [4.69, 9.17) is 9.98 Å². The van der Waals surface area contributed by atoms with Gasteiger partial charge in [0.2, 0.25) is 0 Å². The SMILES string of the molecule is CSCCC(C(=O)O)N(CC1=NC(CCc2ccc(CCc3ccccc3)cc2)CCC1)Cc1cccc(/C=C/c2ccc(/C=C/c3ccccc3)cc2)n1. The first-order valence-electron chi connectivity index (χ1n) is 19.6. The molecule has 1 aliphatic heterocycles. The Morgan fingerprint density at radius 2 is 1.33 bits per heavy atom. The second-order valence-electron chi connectivity index (χ2n) is 14.4. The van der Waals surface area contributed by atoms with Gasteiger partial charge >= 0.3 is 5.97 Å². The van der Waals surface area contributed by atoms with Crippen LogP contribution < -0.4 is 0 Å². The second kappa shape index (κ2) is 21.2. The molecule has 6 rings (SSSR count). The van der Waals surface area contributed by atoms with Crippen molar-refractivity contribution in [2.24, 2.45) is 4.99 Å². The Morgan fingerprint density at radius 1 is 0.727 bits per heavy atom. The van der Waals surface area contributed by atoms with E-state index >= 15 is 0 Å². The van der Waals surface area contributed by atoms with Gasteiger partial charge in [0.15, 0.2) is 0 Å². The smallest absolute Gasteiger partial charge is 0.320 e. The second-order valence-corrected chi connectivity index (χ2v) is 15.4. The minimum absolute atomic E-state index is 0.262. The molecule has 0 saturated carbocycles. The number of hydrogen-bond donors (Lipinski definition) is 1. The first kappa shape index (κ1) is 39.6. The van der Waals surface area contributed by atoms with Crippen molar-refractivity contribution in [2.75, 3.05) is 18.6 Å². The topological polar surface area (TPSA) is 65.8 Å². The maximum Gasteiger partial charge on any atom is 0.320 e. The van der Waals surface area contributed by atoms with Crippen LogP contribution in [-0.4, -0.2) is 57.3 Å². The summed E-state index contributed by atoms with van der Waals surface area (Å²) in [5.41, 5.74) is 10.3. The van der Waals surface area contributed by atoms with Gasteiger partial charge in [0.1, 0.15) is 6.04 Å². The van der Waals surface area contributed by atoms with Crippen LogP contribution in [0, 0.1) is 0 Å². The third-order valence-electron chi connectivity index (χ3n) is 10.3. The van der Waals surface area contributed by atoms with E-state index in [0.717, 1.165) is 78.9 Å². The first-order valence-corrected chi connectivity index (χ1v) is 21.0. The van der Waals surface area contributed by atoms with Crippen LogP contribution in [0.25, 0.3) is 24.3 Å². The van der Waals surface area contributed by atoms with Crippen LogP contribution in [0.3, 0.4) is 0 Å². The largest absolute Gasteiger partial charge is 0.480 e. The summed E-state index contributed by atoms with van der Waals surface area (Å²) >= 11 is 1.68. The lowest BCUT2D eigenvalue weighted by Gasteiger charge is -2.31. The molecule has 1 N–H and O–H groups in total. The lowest BCUT2D eigenvalue weighted by molar-refractivity contribution is -0.143. The molecule has 0 saturated heterocycles. The number of pyridine rings is 1. The van der Waals surface area contributed by atoms with E-state index in [1.807, 2.05) is 48.7 Å². The molecule has 5 nitrogen and oxygen atoms in total. The predicted molar refractivity (Wildman–Crippen MR) is 233 cm³/mol. The van der Waals surface area contributed by atoms with Crippen LogP contribution in [0.1, 0.15) is 76.9 Å². The Labute approximate surface area is 332 Å². The van der Waals surface area contributed by atoms with Gasteiger partial charge in [0.05, 0.1) is 17.4 Å². The molecular formula is C49H53N3O2S. The van der Waals surface area contributed by atoms with Crippen molar-refractivity contribution in [1.29, 1.82) is 0 Å². The van der Waals surface area contributed by atoms with E-state index in [9.17, 15) is 9.90 Å². The molecule has 2 unspecified atom stereocenters. The van der Waals surface area contributed by atoms with Gasteiger partial charge < -0.3 is 5.11 Å². The molecule has 6 heteroatoms. The standard InChI is InChI=1S/C49H53N3O2S/c1-55-35-34-48(49(53)54)52(36-46-16-8-14-44(50-46)32-30-42-26-22-40(23-27-42)20-18-38-10-4-2-5-11-38)37-47-17-9-15-45(51-47)33-31-43-28-24-41(25-29-43)21-19-39-12-6-3-7-13-39/h2-8,10-14,16,18,20,22-30,32,45,48H,9,15,17,19,21,31,33-37H2,1H3,(H,53,54)/b20-18+,32-30+. The number of rotatable bonds is 19. The Balaban J connectivity index is 1.07. The Bertz CT molecular complexity index is 2010. The van der Waals surface area contributed by atoms with Crippen LogP contribution >= 0.6 is 11.8 Å². The lowest BCUT2D eigenvalue weighted by atomic mass is 9.96. The van der Waals surface area contributed by atoms with Gasteiger partial charge in [0.25, 0.3) is 0 Å². The van der Waals surface area contributed by atoms with Crippen molar-refractivity contribution in [2.45, 2.75) is 70.0 Å². The van der Waals surface area contributed by atoms with Gasteiger partial charge in [0, 0.05) is 18.8 Å². The summed E-state index contributed by atoms with van der Waals surface area (Å²) in [7, 11) is 0. The number of aryl methyl sites for hydroxylation is 3. The number of nitrogens with zero attached hydrogens (tertiary/aromatic N) is 3. The van der Waals surface area contributed by atoms with Crippen LogP contribution in [0.2, 0.25) is 0 Å². The molecule has 0 radical (unpaired) electrons. The molecule has 55 heavy (non-hydrogen) atoms. The van der Waals surface area contributed by atoms with E-state index in [1.54, 1.807) is 11.8 Å². The Kier molecular flexibility index (Phi) is 15.3. The van der Waals surface area contributed by atoms with Crippen molar-refractivity contribution in [3.05, 3.63) is 172 Å². The van der Waals surface area contributed by atoms with Crippen LogP contribution in [0.15, 0.2) is 132 Å². The van der Waals surface area contributed by atoms with Gasteiger partial charge in [-0.05, 0) is 115 Å². The van der Waals surface area contributed by atoms with E-state index in [-0.39, 0.29) is 6.04 Å². The van der Waals surface area contributed by atoms with Crippen molar-refractivity contribution in [3.63, 3.8) is 0 Å². The number of aliphatic carboxylic acids is 1. The minimum atomic E-state index is -0.785. The zero-order valence-electron chi connectivity index (χ0n) is 32.0. The van der Waals surface area contributed by atoms with E-state index < -0.39 is 12.0 Å². The Morgan fingerprint density at radius 3 is 1.98 bits per heavy atom. The summed E-state index contributed by atoms with van der Waals surface area (Å²) in [5.74, 6) is -0.00248. The normalized spacial score (nSPS) is 15.1. The highest BCUT2D eigenvalue weighted by Crippen LogP contribution is 2.22. The Hall–Kier alpha value is -5.04. The molecule has 0 spiro atoms. The summed E-state index contributed by atoms with van der Waals surface area (Å²) in [5, 5.41) is 10.4. The van der Waals surface area contributed by atoms with Crippen molar-refractivity contribution in [3.8, 4) is 0 Å². The molecule has 1 aliphatic rings. The molecule has 0 fully saturated rings. The lowest BCUT2D eigenvalue weighted by Crippen LogP contribution is -2.44. The van der Waals surface area contributed by atoms with Crippen molar-refractivity contribution < 1.29 is 9.90 Å². The highest BCUT2D eigenvalue weighted by atomic mass is 32.2. The van der Waals surface area contributed by atoms with E-state index in [1.165, 1.54) is 22.3 Å². The fourth-order valence-electron chi connectivity index (χ4n) is 7.14. The van der Waals surface area contributed by atoms with Crippen molar-refractivity contribution in [1.82, 2.24) is 9.88 Å². The molecule has 282 valence electrons. The van der Waals surface area contributed by atoms with Crippen LogP contribution in [-0.2, 0) is 30.6 Å². The number of carboxylic acids is 1. The number of hydrogen-bond acceptors (Lipinski definition) is 5. The van der Waals surface area contributed by atoms with Gasteiger partial charge in [-0.1, -0.05) is 133 Å². The maximum absolute atomic E-state index is 12.7. The fraction of sp³-hybridized carbons (Fsp3) is 0.286. The average molecular weight is 748 g/mol. The van der Waals surface area contributed by atoms with Crippen LogP contribution in [0.5, 0.6) is 0 Å². The number of carboxylic acid groups (broad SMARTS) is 1. The summed E-state index contributed by atoms with van der Waals surface area (Å²) in [6, 6.07) is 44.2.